The number of nitrogens with one attached hydrogen (secondary N) is 1. The van der Waals surface area contributed by atoms with Gasteiger partial charge in [-0.05, 0) is 43.2 Å². The third-order valence-electron chi connectivity index (χ3n) is 3.20. The Morgan fingerprint density at radius 3 is 2.75 bits per heavy atom. The van der Waals surface area contributed by atoms with E-state index in [4.69, 9.17) is 10.6 Å². The summed E-state index contributed by atoms with van der Waals surface area (Å²) in [6, 6.07) is 12.1. The molecule has 0 radical (unpaired) electrons. The first-order valence-electron chi connectivity index (χ1n) is 6.77. The molecule has 1 heterocycles. The van der Waals surface area contributed by atoms with Crippen molar-refractivity contribution >= 4 is 0 Å². The van der Waals surface area contributed by atoms with E-state index in [1.54, 1.807) is 0 Å². The Morgan fingerprint density at radius 1 is 1.25 bits per heavy atom. The van der Waals surface area contributed by atoms with Crippen LogP contribution in [-0.4, -0.2) is 11.6 Å². The van der Waals surface area contributed by atoms with E-state index in [0.717, 1.165) is 23.4 Å². The second-order valence-electron chi connectivity index (χ2n) is 4.91. The maximum Gasteiger partial charge on any atom is 0.119 e. The van der Waals surface area contributed by atoms with E-state index in [2.05, 4.69) is 23.4 Å². The molecular formula is C16H21N3O. The molecule has 4 nitrogen and oxygen atoms in total. The Bertz CT molecular complexity index is 540. The Labute approximate surface area is 120 Å². The van der Waals surface area contributed by atoms with Crippen LogP contribution >= 0.6 is 0 Å². The van der Waals surface area contributed by atoms with Crippen LogP contribution in [0, 0.1) is 13.8 Å². The second kappa shape index (κ2) is 7.03. The van der Waals surface area contributed by atoms with Gasteiger partial charge in [0.2, 0.25) is 0 Å². The predicted molar refractivity (Wildman–Crippen MR) is 80.3 cm³/mol. The third-order valence-corrected chi connectivity index (χ3v) is 3.20. The molecule has 0 fully saturated rings. The molecule has 0 aliphatic carbocycles. The number of hydrogen-bond acceptors (Lipinski definition) is 4. The minimum Gasteiger partial charge on any atom is -0.494 e. The number of pyridine rings is 1. The van der Waals surface area contributed by atoms with E-state index in [0.29, 0.717) is 6.61 Å². The van der Waals surface area contributed by atoms with Crippen molar-refractivity contribution in [2.24, 2.45) is 5.84 Å². The Hall–Kier alpha value is -1.91. The Balaban J connectivity index is 1.89. The maximum absolute atomic E-state index is 5.75. The normalized spacial score (nSPS) is 12.2. The molecule has 4 heteroatoms. The average Bonchev–Trinajstić information content (AvgIpc) is 2.45. The number of hydrogen-bond donors (Lipinski definition) is 2. The van der Waals surface area contributed by atoms with Crippen molar-refractivity contribution in [2.45, 2.75) is 26.3 Å². The van der Waals surface area contributed by atoms with Crippen LogP contribution in [0.2, 0.25) is 0 Å². The van der Waals surface area contributed by atoms with Crippen LogP contribution in [0.3, 0.4) is 0 Å². The van der Waals surface area contributed by atoms with E-state index in [1.165, 1.54) is 5.56 Å². The molecule has 3 N–H and O–H groups in total. The monoisotopic (exact) mass is 271 g/mol. The smallest absolute Gasteiger partial charge is 0.119 e. The molecule has 1 aromatic carbocycles. The van der Waals surface area contributed by atoms with Crippen LogP contribution in [0.4, 0.5) is 0 Å². The highest BCUT2D eigenvalue weighted by Gasteiger charge is 2.10. The van der Waals surface area contributed by atoms with E-state index >= 15 is 0 Å². The van der Waals surface area contributed by atoms with Crippen molar-refractivity contribution in [1.29, 1.82) is 0 Å². The van der Waals surface area contributed by atoms with Crippen LogP contribution < -0.4 is 16.0 Å². The first-order valence-corrected chi connectivity index (χ1v) is 6.77. The number of nitrogens with zero attached hydrogens (tertiary/aromatic N) is 1. The van der Waals surface area contributed by atoms with E-state index in [-0.39, 0.29) is 6.04 Å². The molecule has 0 spiro atoms. The lowest BCUT2D eigenvalue weighted by atomic mass is 10.1. The van der Waals surface area contributed by atoms with Crippen LogP contribution in [0.5, 0.6) is 5.75 Å². The fourth-order valence-electron chi connectivity index (χ4n) is 2.03. The molecule has 2 rings (SSSR count). The van der Waals surface area contributed by atoms with Gasteiger partial charge in [-0.15, -0.1) is 0 Å². The fraction of sp³-hybridized carbons (Fsp3) is 0.312. The highest BCUT2D eigenvalue weighted by atomic mass is 16.5. The summed E-state index contributed by atoms with van der Waals surface area (Å²) in [7, 11) is 0. The summed E-state index contributed by atoms with van der Waals surface area (Å²) in [6.07, 6.45) is 2.64. The first-order chi connectivity index (χ1) is 9.69. The van der Waals surface area contributed by atoms with Crippen molar-refractivity contribution < 1.29 is 4.74 Å². The predicted octanol–water partition coefficient (Wildman–Crippen LogP) is 2.67. The molecule has 0 aliphatic heterocycles. The van der Waals surface area contributed by atoms with Gasteiger partial charge in [-0.1, -0.05) is 18.2 Å². The largest absolute Gasteiger partial charge is 0.494 e. The van der Waals surface area contributed by atoms with E-state index < -0.39 is 0 Å². The summed E-state index contributed by atoms with van der Waals surface area (Å²) < 4.78 is 5.75. The minimum absolute atomic E-state index is 0.0490. The van der Waals surface area contributed by atoms with Gasteiger partial charge in [-0.2, -0.15) is 0 Å². The summed E-state index contributed by atoms with van der Waals surface area (Å²) >= 11 is 0. The Kier molecular flexibility index (Phi) is 5.09. The second-order valence-corrected chi connectivity index (χ2v) is 4.91. The molecule has 20 heavy (non-hydrogen) atoms. The van der Waals surface area contributed by atoms with E-state index in [1.807, 2.05) is 43.5 Å². The van der Waals surface area contributed by atoms with Crippen LogP contribution in [0.1, 0.15) is 29.3 Å². The van der Waals surface area contributed by atoms with Crippen LogP contribution in [0.15, 0.2) is 42.6 Å². The molecule has 0 saturated heterocycles. The van der Waals surface area contributed by atoms with Crippen molar-refractivity contribution in [2.75, 3.05) is 6.61 Å². The van der Waals surface area contributed by atoms with Gasteiger partial charge < -0.3 is 4.74 Å². The number of nitrogens with two attached hydrogens (primary N) is 1. The summed E-state index contributed by atoms with van der Waals surface area (Å²) in [6.45, 7) is 4.62. The molecular weight excluding hydrogens is 250 g/mol. The van der Waals surface area contributed by atoms with Crippen molar-refractivity contribution in [3.05, 3.63) is 59.4 Å². The quantitative estimate of drug-likeness (QED) is 0.626. The standard InChI is InChI=1S/C16H21N3O/c1-12-4-3-5-15(10-12)20-9-8-16(19-17)14-7-6-13(2)18-11-14/h3-7,10-11,16,19H,8-9,17H2,1-2H3. The maximum atomic E-state index is 5.75. The number of ether oxygens (including phenoxy) is 1. The zero-order valence-corrected chi connectivity index (χ0v) is 12.0. The SMILES string of the molecule is Cc1cccc(OCCC(NN)c2ccc(C)nc2)c1. The van der Waals surface area contributed by atoms with Crippen LogP contribution in [-0.2, 0) is 0 Å². The van der Waals surface area contributed by atoms with Crippen LogP contribution in [0.25, 0.3) is 0 Å². The lowest BCUT2D eigenvalue weighted by Crippen LogP contribution is -2.29. The molecule has 0 bridgehead atoms. The minimum atomic E-state index is 0.0490. The molecule has 1 unspecified atom stereocenters. The number of aromatic nitrogens is 1. The van der Waals surface area contributed by atoms with Crippen molar-refractivity contribution in [3.8, 4) is 5.75 Å². The summed E-state index contributed by atoms with van der Waals surface area (Å²) in [5, 5.41) is 0. The van der Waals surface area contributed by atoms with Gasteiger partial charge in [0.1, 0.15) is 5.75 Å². The highest BCUT2D eigenvalue weighted by molar-refractivity contribution is 5.27. The number of benzene rings is 1. The van der Waals surface area contributed by atoms with Gasteiger partial charge in [0.25, 0.3) is 0 Å². The molecule has 106 valence electrons. The van der Waals surface area contributed by atoms with Crippen molar-refractivity contribution in [1.82, 2.24) is 10.4 Å². The molecule has 1 atom stereocenters. The molecule has 2 aromatic rings. The highest BCUT2D eigenvalue weighted by Crippen LogP contribution is 2.17. The zero-order chi connectivity index (χ0) is 14.4. The molecule has 0 amide bonds. The lowest BCUT2D eigenvalue weighted by Gasteiger charge is -2.16. The average molecular weight is 271 g/mol. The summed E-state index contributed by atoms with van der Waals surface area (Å²) in [4.78, 5) is 4.29. The fourth-order valence-corrected chi connectivity index (χ4v) is 2.03. The molecule has 0 aliphatic rings. The van der Waals surface area contributed by atoms with Gasteiger partial charge in [0.15, 0.2) is 0 Å². The van der Waals surface area contributed by atoms with Gasteiger partial charge >= 0.3 is 0 Å². The number of hydrazine groups is 1. The summed E-state index contributed by atoms with van der Waals surface area (Å²) in [5.41, 5.74) is 6.08. The van der Waals surface area contributed by atoms with Gasteiger partial charge in [-0.3, -0.25) is 16.3 Å². The van der Waals surface area contributed by atoms with E-state index in [9.17, 15) is 0 Å². The molecule has 0 saturated carbocycles. The lowest BCUT2D eigenvalue weighted by molar-refractivity contribution is 0.287. The van der Waals surface area contributed by atoms with Gasteiger partial charge in [0.05, 0.1) is 12.6 Å². The topological polar surface area (TPSA) is 60.2 Å². The van der Waals surface area contributed by atoms with Crippen molar-refractivity contribution in [3.63, 3.8) is 0 Å². The summed E-state index contributed by atoms with van der Waals surface area (Å²) in [5.74, 6) is 6.50. The zero-order valence-electron chi connectivity index (χ0n) is 12.0. The third kappa shape index (κ3) is 4.05. The Morgan fingerprint density at radius 2 is 2.10 bits per heavy atom. The van der Waals surface area contributed by atoms with Gasteiger partial charge in [-0.25, -0.2) is 0 Å². The first kappa shape index (κ1) is 14.5. The number of aryl methyl sites for hydroxylation is 2. The molecule has 1 aromatic heterocycles. The number of rotatable bonds is 6. The van der Waals surface area contributed by atoms with Gasteiger partial charge in [0, 0.05) is 18.3 Å².